The van der Waals surface area contributed by atoms with Crippen molar-refractivity contribution in [1.29, 1.82) is 5.26 Å². The van der Waals surface area contributed by atoms with Crippen LogP contribution in [0.1, 0.15) is 28.8 Å². The standard InChI is InChI=1S/C13H10BrF3N2O/c14-8-3-4-10(11(6-8)13(15,16)17)12(20)19-5-1-2-9(19)7-18/h3-4,6,9H,1-2,5H2. The van der Waals surface area contributed by atoms with Gasteiger partial charge >= 0.3 is 6.18 Å². The molecule has 1 aliphatic heterocycles. The summed E-state index contributed by atoms with van der Waals surface area (Å²) in [6.45, 7) is 0.310. The lowest BCUT2D eigenvalue weighted by atomic mass is 10.1. The molecule has 20 heavy (non-hydrogen) atoms. The molecular weight excluding hydrogens is 337 g/mol. The summed E-state index contributed by atoms with van der Waals surface area (Å²) in [4.78, 5) is 13.5. The monoisotopic (exact) mass is 346 g/mol. The van der Waals surface area contributed by atoms with Gasteiger partial charge in [0, 0.05) is 11.0 Å². The third kappa shape index (κ3) is 2.80. The maximum Gasteiger partial charge on any atom is 0.417 e. The van der Waals surface area contributed by atoms with Crippen molar-refractivity contribution in [3.8, 4) is 6.07 Å². The highest BCUT2D eigenvalue weighted by Gasteiger charge is 2.38. The predicted octanol–water partition coefficient (Wildman–Crippen LogP) is 3.60. The van der Waals surface area contributed by atoms with E-state index in [4.69, 9.17) is 5.26 Å². The van der Waals surface area contributed by atoms with E-state index in [0.717, 1.165) is 12.1 Å². The van der Waals surface area contributed by atoms with Crippen LogP contribution in [0.5, 0.6) is 0 Å². The Kier molecular flexibility index (Phi) is 4.04. The zero-order chi connectivity index (χ0) is 14.9. The smallest absolute Gasteiger partial charge is 0.323 e. The summed E-state index contributed by atoms with van der Waals surface area (Å²) < 4.78 is 39.2. The Morgan fingerprint density at radius 3 is 2.75 bits per heavy atom. The summed E-state index contributed by atoms with van der Waals surface area (Å²) in [6.07, 6.45) is -3.49. The highest BCUT2D eigenvalue weighted by molar-refractivity contribution is 9.10. The molecule has 0 N–H and O–H groups in total. The largest absolute Gasteiger partial charge is 0.417 e. The fourth-order valence-corrected chi connectivity index (χ4v) is 2.60. The summed E-state index contributed by atoms with van der Waals surface area (Å²) in [5.74, 6) is -0.742. The molecule has 1 fully saturated rings. The van der Waals surface area contributed by atoms with Gasteiger partial charge in [0.2, 0.25) is 0 Å². The van der Waals surface area contributed by atoms with Gasteiger partial charge in [0.1, 0.15) is 6.04 Å². The number of nitrogens with zero attached hydrogens (tertiary/aromatic N) is 2. The van der Waals surface area contributed by atoms with Gasteiger partial charge in [-0.15, -0.1) is 0 Å². The van der Waals surface area contributed by atoms with Gasteiger partial charge in [0.05, 0.1) is 17.2 Å². The van der Waals surface area contributed by atoms with Gasteiger partial charge in [-0.1, -0.05) is 15.9 Å². The molecular formula is C13H10BrF3N2O. The summed E-state index contributed by atoms with van der Waals surface area (Å²) >= 11 is 2.97. The minimum atomic E-state index is -4.61. The fraction of sp³-hybridized carbons (Fsp3) is 0.385. The Hall–Kier alpha value is -1.55. The Morgan fingerprint density at radius 2 is 2.15 bits per heavy atom. The van der Waals surface area contributed by atoms with Crippen molar-refractivity contribution in [1.82, 2.24) is 4.90 Å². The molecule has 1 heterocycles. The molecule has 2 rings (SSSR count). The van der Waals surface area contributed by atoms with Crippen molar-refractivity contribution >= 4 is 21.8 Å². The van der Waals surface area contributed by atoms with Crippen LogP contribution >= 0.6 is 15.9 Å². The van der Waals surface area contributed by atoms with Crippen molar-refractivity contribution in [3.63, 3.8) is 0 Å². The quantitative estimate of drug-likeness (QED) is 0.779. The maximum absolute atomic E-state index is 13.0. The number of hydrogen-bond acceptors (Lipinski definition) is 2. The molecule has 0 bridgehead atoms. The third-order valence-corrected chi connectivity index (χ3v) is 3.67. The number of carbonyl (C=O) groups is 1. The molecule has 1 aliphatic rings. The van der Waals surface area contributed by atoms with E-state index >= 15 is 0 Å². The molecule has 0 saturated carbocycles. The van der Waals surface area contributed by atoms with Crippen LogP contribution in [0.3, 0.4) is 0 Å². The van der Waals surface area contributed by atoms with Crippen LogP contribution in [-0.4, -0.2) is 23.4 Å². The van der Waals surface area contributed by atoms with Gasteiger partial charge in [0.15, 0.2) is 0 Å². The van der Waals surface area contributed by atoms with Gasteiger partial charge in [-0.25, -0.2) is 0 Å². The molecule has 0 aliphatic carbocycles. The van der Waals surface area contributed by atoms with Crippen LogP contribution in [0.4, 0.5) is 13.2 Å². The third-order valence-electron chi connectivity index (χ3n) is 3.18. The summed E-state index contributed by atoms with van der Waals surface area (Å²) in [7, 11) is 0. The second kappa shape index (κ2) is 5.44. The predicted molar refractivity (Wildman–Crippen MR) is 68.8 cm³/mol. The lowest BCUT2D eigenvalue weighted by Gasteiger charge is -2.22. The van der Waals surface area contributed by atoms with E-state index in [2.05, 4.69) is 15.9 Å². The van der Waals surface area contributed by atoms with Crippen LogP contribution in [0.2, 0.25) is 0 Å². The van der Waals surface area contributed by atoms with Crippen LogP contribution < -0.4 is 0 Å². The molecule has 3 nitrogen and oxygen atoms in total. The first kappa shape index (κ1) is 14.9. The number of carbonyl (C=O) groups excluding carboxylic acids is 1. The number of hydrogen-bond donors (Lipinski definition) is 0. The Balaban J connectivity index is 2.43. The molecule has 106 valence electrons. The SMILES string of the molecule is N#CC1CCCN1C(=O)c1ccc(Br)cc1C(F)(F)F. The van der Waals surface area contributed by atoms with E-state index in [1.165, 1.54) is 11.0 Å². The average Bonchev–Trinajstić information content (AvgIpc) is 2.85. The Bertz CT molecular complexity index is 580. The number of rotatable bonds is 1. The molecule has 1 aromatic rings. The summed E-state index contributed by atoms with van der Waals surface area (Å²) in [5, 5.41) is 8.93. The number of amides is 1. The summed E-state index contributed by atoms with van der Waals surface area (Å²) in [6, 6.07) is 4.71. The number of likely N-dealkylation sites (tertiary alicyclic amines) is 1. The summed E-state index contributed by atoms with van der Waals surface area (Å²) in [5.41, 5.74) is -1.40. The van der Waals surface area contributed by atoms with Crippen molar-refractivity contribution in [2.24, 2.45) is 0 Å². The number of nitriles is 1. The molecule has 0 radical (unpaired) electrons. The number of alkyl halides is 3. The Labute approximate surface area is 122 Å². The lowest BCUT2D eigenvalue weighted by molar-refractivity contribution is -0.138. The minimum Gasteiger partial charge on any atom is -0.323 e. The normalized spacial score (nSPS) is 18.9. The Morgan fingerprint density at radius 1 is 1.45 bits per heavy atom. The number of halogens is 4. The maximum atomic E-state index is 13.0. The first-order valence-electron chi connectivity index (χ1n) is 5.92. The van der Waals surface area contributed by atoms with E-state index in [9.17, 15) is 18.0 Å². The van der Waals surface area contributed by atoms with Gasteiger partial charge < -0.3 is 4.90 Å². The van der Waals surface area contributed by atoms with Crippen LogP contribution in [0.25, 0.3) is 0 Å². The second-order valence-electron chi connectivity index (χ2n) is 4.47. The van der Waals surface area contributed by atoms with Gasteiger partial charge in [-0.05, 0) is 31.0 Å². The van der Waals surface area contributed by atoms with E-state index in [0.29, 0.717) is 19.4 Å². The van der Waals surface area contributed by atoms with Crippen LogP contribution in [0, 0.1) is 11.3 Å². The molecule has 1 unspecified atom stereocenters. The van der Waals surface area contributed by atoms with E-state index < -0.39 is 29.3 Å². The van der Waals surface area contributed by atoms with Crippen LogP contribution in [0.15, 0.2) is 22.7 Å². The molecule has 0 spiro atoms. The zero-order valence-electron chi connectivity index (χ0n) is 10.2. The molecule has 0 aromatic heterocycles. The molecule has 1 saturated heterocycles. The second-order valence-corrected chi connectivity index (χ2v) is 5.39. The molecule has 1 amide bonds. The number of benzene rings is 1. The fourth-order valence-electron chi connectivity index (χ4n) is 2.24. The van der Waals surface area contributed by atoms with Crippen molar-refractivity contribution in [2.75, 3.05) is 6.54 Å². The minimum absolute atomic E-state index is 0.250. The molecule has 1 aromatic carbocycles. The van der Waals surface area contributed by atoms with Gasteiger partial charge in [-0.3, -0.25) is 4.79 Å². The van der Waals surface area contributed by atoms with Crippen molar-refractivity contribution < 1.29 is 18.0 Å². The van der Waals surface area contributed by atoms with Crippen molar-refractivity contribution in [3.05, 3.63) is 33.8 Å². The molecule has 7 heteroatoms. The van der Waals surface area contributed by atoms with Gasteiger partial charge in [-0.2, -0.15) is 18.4 Å². The van der Waals surface area contributed by atoms with E-state index in [1.807, 2.05) is 6.07 Å². The van der Waals surface area contributed by atoms with Gasteiger partial charge in [0.25, 0.3) is 5.91 Å². The lowest BCUT2D eigenvalue weighted by Crippen LogP contribution is -2.35. The van der Waals surface area contributed by atoms with Crippen molar-refractivity contribution in [2.45, 2.75) is 25.1 Å². The van der Waals surface area contributed by atoms with Crippen LogP contribution in [-0.2, 0) is 6.18 Å². The highest BCUT2D eigenvalue weighted by atomic mass is 79.9. The zero-order valence-corrected chi connectivity index (χ0v) is 11.8. The van der Waals surface area contributed by atoms with E-state index in [1.54, 1.807) is 0 Å². The highest BCUT2D eigenvalue weighted by Crippen LogP contribution is 2.35. The first-order chi connectivity index (χ1) is 9.34. The molecule has 1 atom stereocenters. The van der Waals surface area contributed by atoms with E-state index in [-0.39, 0.29) is 4.47 Å². The average molecular weight is 347 g/mol. The first-order valence-corrected chi connectivity index (χ1v) is 6.71. The topological polar surface area (TPSA) is 44.1 Å².